The summed E-state index contributed by atoms with van der Waals surface area (Å²) in [7, 11) is 0. The first kappa shape index (κ1) is 18.1. The molecule has 0 spiro atoms. The van der Waals surface area contributed by atoms with Crippen molar-refractivity contribution in [2.45, 2.75) is 32.5 Å². The lowest BCUT2D eigenvalue weighted by Crippen LogP contribution is -2.49. The zero-order valence-corrected chi connectivity index (χ0v) is 14.4. The van der Waals surface area contributed by atoms with E-state index in [2.05, 4.69) is 6.58 Å². The summed E-state index contributed by atoms with van der Waals surface area (Å²) in [6.45, 7) is 10.7. The number of hydrogen-bond acceptors (Lipinski definition) is 5. The van der Waals surface area contributed by atoms with Gasteiger partial charge in [0.1, 0.15) is 29.8 Å². The molecule has 6 heteroatoms. The SMILES string of the molecule is C=C(O)c1ccc(OCC2CN(C(=O)OC(C)(C)C)CCO2)cc1. The van der Waals surface area contributed by atoms with E-state index < -0.39 is 5.60 Å². The van der Waals surface area contributed by atoms with Gasteiger partial charge in [-0.1, -0.05) is 6.58 Å². The van der Waals surface area contributed by atoms with Crippen LogP contribution < -0.4 is 4.74 Å². The van der Waals surface area contributed by atoms with Crippen LogP contribution in [0.4, 0.5) is 4.79 Å². The molecule has 0 aliphatic carbocycles. The summed E-state index contributed by atoms with van der Waals surface area (Å²) >= 11 is 0. The molecule has 1 aliphatic heterocycles. The van der Waals surface area contributed by atoms with Crippen molar-refractivity contribution in [3.8, 4) is 5.75 Å². The lowest BCUT2D eigenvalue weighted by Gasteiger charge is -2.34. The topological polar surface area (TPSA) is 68.2 Å². The molecule has 1 aromatic rings. The van der Waals surface area contributed by atoms with Crippen LogP contribution in [0, 0.1) is 0 Å². The third kappa shape index (κ3) is 5.45. The average Bonchev–Trinajstić information content (AvgIpc) is 2.52. The van der Waals surface area contributed by atoms with E-state index >= 15 is 0 Å². The lowest BCUT2D eigenvalue weighted by atomic mass is 10.2. The molecular formula is C18H25NO5. The fourth-order valence-electron chi connectivity index (χ4n) is 2.25. The number of hydrogen-bond donors (Lipinski definition) is 1. The number of nitrogens with zero attached hydrogens (tertiary/aromatic N) is 1. The van der Waals surface area contributed by atoms with Gasteiger partial charge in [0.25, 0.3) is 0 Å². The third-order valence-electron chi connectivity index (χ3n) is 3.41. The van der Waals surface area contributed by atoms with E-state index in [-0.39, 0.29) is 18.0 Å². The van der Waals surface area contributed by atoms with Gasteiger partial charge in [0.15, 0.2) is 0 Å². The van der Waals surface area contributed by atoms with Crippen molar-refractivity contribution >= 4 is 11.9 Å². The Balaban J connectivity index is 1.84. The highest BCUT2D eigenvalue weighted by molar-refractivity contribution is 5.68. The Hall–Kier alpha value is -2.21. The largest absolute Gasteiger partial charge is 0.508 e. The fraction of sp³-hybridized carbons (Fsp3) is 0.500. The predicted octanol–water partition coefficient (Wildman–Crippen LogP) is 3.23. The smallest absolute Gasteiger partial charge is 0.410 e. The van der Waals surface area contributed by atoms with Gasteiger partial charge < -0.3 is 24.2 Å². The van der Waals surface area contributed by atoms with Gasteiger partial charge in [0.2, 0.25) is 0 Å². The molecule has 1 atom stereocenters. The number of ether oxygens (including phenoxy) is 3. The molecular weight excluding hydrogens is 310 g/mol. The summed E-state index contributed by atoms with van der Waals surface area (Å²) in [5.41, 5.74) is 0.132. The molecule has 1 heterocycles. The van der Waals surface area contributed by atoms with Gasteiger partial charge in [-0.25, -0.2) is 4.79 Å². The quantitative estimate of drug-likeness (QED) is 0.856. The van der Waals surface area contributed by atoms with E-state index in [9.17, 15) is 9.90 Å². The zero-order chi connectivity index (χ0) is 17.7. The van der Waals surface area contributed by atoms with Crippen LogP contribution in [0.1, 0.15) is 26.3 Å². The van der Waals surface area contributed by atoms with Gasteiger partial charge in [0.05, 0.1) is 13.2 Å². The zero-order valence-electron chi connectivity index (χ0n) is 14.4. The lowest BCUT2D eigenvalue weighted by molar-refractivity contribution is -0.0557. The number of amides is 1. The summed E-state index contributed by atoms with van der Waals surface area (Å²) in [6.07, 6.45) is -0.541. The van der Waals surface area contributed by atoms with Crippen LogP contribution in [-0.4, -0.2) is 54.1 Å². The van der Waals surface area contributed by atoms with E-state index in [0.717, 1.165) is 0 Å². The van der Waals surface area contributed by atoms with Crippen molar-refractivity contribution < 1.29 is 24.1 Å². The van der Waals surface area contributed by atoms with Gasteiger partial charge in [-0.05, 0) is 45.0 Å². The maximum absolute atomic E-state index is 12.1. The Bertz CT molecular complexity index is 576. The number of carbonyl (C=O) groups excluding carboxylic acids is 1. The van der Waals surface area contributed by atoms with Crippen LogP contribution in [0.15, 0.2) is 30.8 Å². The molecule has 1 fully saturated rings. The summed E-state index contributed by atoms with van der Waals surface area (Å²) in [6, 6.07) is 6.97. The first-order valence-corrected chi connectivity index (χ1v) is 7.95. The van der Waals surface area contributed by atoms with Crippen molar-refractivity contribution in [1.82, 2.24) is 4.90 Å². The molecule has 1 N–H and O–H groups in total. The van der Waals surface area contributed by atoms with Crippen LogP contribution in [0.5, 0.6) is 5.75 Å². The monoisotopic (exact) mass is 335 g/mol. The van der Waals surface area contributed by atoms with Gasteiger partial charge in [0, 0.05) is 12.1 Å². The van der Waals surface area contributed by atoms with Crippen molar-refractivity contribution in [3.05, 3.63) is 36.4 Å². The fourth-order valence-corrected chi connectivity index (χ4v) is 2.25. The van der Waals surface area contributed by atoms with Crippen LogP contribution in [0.2, 0.25) is 0 Å². The highest BCUT2D eigenvalue weighted by atomic mass is 16.6. The Morgan fingerprint density at radius 3 is 2.62 bits per heavy atom. The molecule has 1 saturated heterocycles. The molecule has 132 valence electrons. The van der Waals surface area contributed by atoms with Crippen LogP contribution in [0.25, 0.3) is 5.76 Å². The number of aliphatic hydroxyl groups excluding tert-OH is 1. The highest BCUT2D eigenvalue weighted by Gasteiger charge is 2.28. The highest BCUT2D eigenvalue weighted by Crippen LogP contribution is 2.18. The Morgan fingerprint density at radius 1 is 1.38 bits per heavy atom. The minimum Gasteiger partial charge on any atom is -0.508 e. The van der Waals surface area contributed by atoms with E-state index in [0.29, 0.717) is 37.6 Å². The molecule has 0 aromatic heterocycles. The second-order valence-electron chi connectivity index (χ2n) is 6.70. The van der Waals surface area contributed by atoms with Gasteiger partial charge in [-0.3, -0.25) is 0 Å². The van der Waals surface area contributed by atoms with Crippen LogP contribution in [0.3, 0.4) is 0 Å². The standard InChI is InChI=1S/C18H25NO5/c1-13(20)14-5-7-15(8-6-14)23-12-16-11-19(9-10-22-16)17(21)24-18(2,3)4/h5-8,16,20H,1,9-12H2,2-4H3. The number of aliphatic hydroxyl groups is 1. The number of rotatable bonds is 4. The van der Waals surface area contributed by atoms with Gasteiger partial charge in [-0.15, -0.1) is 0 Å². The predicted molar refractivity (Wildman–Crippen MR) is 91.1 cm³/mol. The van der Waals surface area contributed by atoms with Crippen LogP contribution >= 0.6 is 0 Å². The second kappa shape index (κ2) is 7.57. The molecule has 2 rings (SSSR count). The van der Waals surface area contributed by atoms with Gasteiger partial charge >= 0.3 is 6.09 Å². The van der Waals surface area contributed by atoms with E-state index in [1.54, 1.807) is 29.2 Å². The van der Waals surface area contributed by atoms with E-state index in [1.807, 2.05) is 20.8 Å². The van der Waals surface area contributed by atoms with Crippen LogP contribution in [-0.2, 0) is 9.47 Å². The number of carbonyl (C=O) groups is 1. The molecule has 0 radical (unpaired) electrons. The molecule has 0 bridgehead atoms. The Morgan fingerprint density at radius 2 is 2.04 bits per heavy atom. The van der Waals surface area contributed by atoms with E-state index in [1.165, 1.54) is 0 Å². The maximum Gasteiger partial charge on any atom is 0.410 e. The summed E-state index contributed by atoms with van der Waals surface area (Å²) in [4.78, 5) is 13.8. The molecule has 0 saturated carbocycles. The van der Waals surface area contributed by atoms with Crippen molar-refractivity contribution in [2.24, 2.45) is 0 Å². The molecule has 6 nitrogen and oxygen atoms in total. The molecule has 1 amide bonds. The Labute approximate surface area is 142 Å². The van der Waals surface area contributed by atoms with Crippen molar-refractivity contribution in [3.63, 3.8) is 0 Å². The first-order chi connectivity index (χ1) is 11.2. The molecule has 24 heavy (non-hydrogen) atoms. The molecule has 1 aromatic carbocycles. The summed E-state index contributed by atoms with van der Waals surface area (Å²) < 4.78 is 16.7. The minimum atomic E-state index is -0.514. The van der Waals surface area contributed by atoms with Crippen molar-refractivity contribution in [2.75, 3.05) is 26.3 Å². The number of benzene rings is 1. The molecule has 1 unspecified atom stereocenters. The van der Waals surface area contributed by atoms with Gasteiger partial charge in [-0.2, -0.15) is 0 Å². The summed E-state index contributed by atoms with van der Waals surface area (Å²) in [5.74, 6) is 0.683. The maximum atomic E-state index is 12.1. The third-order valence-corrected chi connectivity index (χ3v) is 3.41. The normalized spacial score (nSPS) is 18.1. The second-order valence-corrected chi connectivity index (χ2v) is 6.70. The van der Waals surface area contributed by atoms with Crippen molar-refractivity contribution in [1.29, 1.82) is 0 Å². The average molecular weight is 335 g/mol. The number of morpholine rings is 1. The minimum absolute atomic E-state index is 0.0187. The van der Waals surface area contributed by atoms with E-state index in [4.69, 9.17) is 14.2 Å². The Kier molecular flexibility index (Phi) is 5.72. The first-order valence-electron chi connectivity index (χ1n) is 7.95. The summed E-state index contributed by atoms with van der Waals surface area (Å²) in [5, 5.41) is 9.31. The molecule has 1 aliphatic rings.